The number of fused-ring (bicyclic) bond motifs is 1. The van der Waals surface area contributed by atoms with Gasteiger partial charge in [0.15, 0.2) is 11.5 Å². The van der Waals surface area contributed by atoms with Gasteiger partial charge in [0.2, 0.25) is 0 Å². The van der Waals surface area contributed by atoms with Crippen molar-refractivity contribution in [3.63, 3.8) is 0 Å². The Morgan fingerprint density at radius 1 is 1.03 bits per heavy atom. The van der Waals surface area contributed by atoms with Crippen LogP contribution in [0.25, 0.3) is 11.1 Å². The molecule has 0 aliphatic heterocycles. The summed E-state index contributed by atoms with van der Waals surface area (Å²) >= 11 is 5.89. The summed E-state index contributed by atoms with van der Waals surface area (Å²) in [5.41, 5.74) is 2.11. The van der Waals surface area contributed by atoms with Crippen LogP contribution in [-0.4, -0.2) is 18.3 Å². The zero-order valence-electron chi connectivity index (χ0n) is 15.3. The van der Waals surface area contributed by atoms with E-state index in [-0.39, 0.29) is 10.6 Å². The van der Waals surface area contributed by atoms with E-state index in [4.69, 9.17) is 16.0 Å². The molecular weight excluding hydrogens is 430 g/mol. The average molecular weight is 444 g/mol. The van der Waals surface area contributed by atoms with Crippen LogP contribution in [0.1, 0.15) is 11.5 Å². The molecule has 0 saturated heterocycles. The van der Waals surface area contributed by atoms with Crippen molar-refractivity contribution in [2.75, 3.05) is 4.72 Å². The van der Waals surface area contributed by atoms with Gasteiger partial charge in [0, 0.05) is 23.6 Å². The number of halogens is 1. The van der Waals surface area contributed by atoms with Gasteiger partial charge in [-0.1, -0.05) is 23.7 Å². The molecule has 1 N–H and O–H groups in total. The second-order valence-electron chi connectivity index (χ2n) is 6.45. The highest BCUT2D eigenvalue weighted by molar-refractivity contribution is 7.92. The second-order valence-corrected chi connectivity index (χ2v) is 8.57. The quantitative estimate of drug-likeness (QED) is 0.338. The number of rotatable bonds is 6. The molecule has 8 nitrogen and oxygen atoms in total. The molecule has 4 rings (SSSR count). The zero-order valence-corrected chi connectivity index (χ0v) is 16.9. The first-order chi connectivity index (χ1) is 14.3. The maximum atomic E-state index is 12.6. The van der Waals surface area contributed by atoms with E-state index < -0.39 is 14.9 Å². The fraction of sp³-hybridized carbons (Fsp3) is 0.0500. The van der Waals surface area contributed by atoms with Gasteiger partial charge in [0.05, 0.1) is 15.5 Å². The van der Waals surface area contributed by atoms with E-state index >= 15 is 0 Å². The van der Waals surface area contributed by atoms with Crippen molar-refractivity contribution >= 4 is 44.1 Å². The lowest BCUT2D eigenvalue weighted by molar-refractivity contribution is -0.384. The van der Waals surface area contributed by atoms with Crippen molar-refractivity contribution in [1.29, 1.82) is 0 Å². The minimum Gasteiger partial charge on any atom is -0.440 e. The SMILES string of the molecule is O=[N+]([O-])c1ccc(S(=O)(=O)Nc2ccc3oc(Cc4ccc(Cl)cc4)nc3c2)cc1. The number of aromatic nitrogens is 1. The summed E-state index contributed by atoms with van der Waals surface area (Å²) < 4.78 is 33.3. The average Bonchev–Trinajstić information content (AvgIpc) is 3.11. The van der Waals surface area contributed by atoms with Gasteiger partial charge in [-0.25, -0.2) is 13.4 Å². The molecule has 0 aliphatic carbocycles. The van der Waals surface area contributed by atoms with E-state index in [0.717, 1.165) is 17.7 Å². The largest absolute Gasteiger partial charge is 0.440 e. The molecule has 0 amide bonds. The summed E-state index contributed by atoms with van der Waals surface area (Å²) in [6, 6.07) is 16.7. The first-order valence-corrected chi connectivity index (χ1v) is 10.6. The highest BCUT2D eigenvalue weighted by Gasteiger charge is 2.17. The monoisotopic (exact) mass is 443 g/mol. The molecule has 0 fully saturated rings. The standard InChI is InChI=1S/C20H14ClN3O5S/c21-14-3-1-13(2-4-14)11-20-22-18-12-15(5-10-19(18)29-20)23-30(27,28)17-8-6-16(7-9-17)24(25)26/h1-10,12,23H,11H2. The van der Waals surface area contributed by atoms with Crippen LogP contribution in [0.3, 0.4) is 0 Å². The molecule has 30 heavy (non-hydrogen) atoms. The third-order valence-electron chi connectivity index (χ3n) is 4.31. The number of oxazole rings is 1. The fourth-order valence-corrected chi connectivity index (χ4v) is 4.03. The summed E-state index contributed by atoms with van der Waals surface area (Å²) in [5.74, 6) is 0.489. The van der Waals surface area contributed by atoms with E-state index in [1.165, 1.54) is 12.1 Å². The number of nitro benzene ring substituents is 1. The van der Waals surface area contributed by atoms with Gasteiger partial charge in [0.1, 0.15) is 5.52 Å². The second kappa shape index (κ2) is 7.77. The molecule has 1 heterocycles. The molecule has 0 radical (unpaired) electrons. The molecule has 0 saturated carbocycles. The fourth-order valence-electron chi connectivity index (χ4n) is 2.85. The van der Waals surface area contributed by atoms with Gasteiger partial charge in [0.25, 0.3) is 15.7 Å². The number of nitrogens with one attached hydrogen (secondary N) is 1. The van der Waals surface area contributed by atoms with Gasteiger partial charge < -0.3 is 4.42 Å². The van der Waals surface area contributed by atoms with Gasteiger partial charge in [-0.3, -0.25) is 14.8 Å². The minimum atomic E-state index is -3.91. The Labute approximate surface area is 176 Å². The van der Waals surface area contributed by atoms with E-state index in [1.807, 2.05) is 12.1 Å². The summed E-state index contributed by atoms with van der Waals surface area (Å²) in [6.07, 6.45) is 0.468. The Hall–Kier alpha value is -3.43. The molecule has 10 heteroatoms. The molecule has 0 atom stereocenters. The smallest absolute Gasteiger partial charge is 0.269 e. The summed E-state index contributed by atoms with van der Waals surface area (Å²) in [5, 5.41) is 11.4. The number of hydrogen-bond acceptors (Lipinski definition) is 6. The van der Waals surface area contributed by atoms with Crippen molar-refractivity contribution in [3.8, 4) is 0 Å². The molecule has 0 aliphatic rings. The molecule has 4 aromatic rings. The van der Waals surface area contributed by atoms with Gasteiger partial charge in [-0.2, -0.15) is 0 Å². The normalized spacial score (nSPS) is 11.5. The topological polar surface area (TPSA) is 115 Å². The first-order valence-electron chi connectivity index (χ1n) is 8.71. The molecule has 152 valence electrons. The number of benzene rings is 3. The summed E-state index contributed by atoms with van der Waals surface area (Å²) in [4.78, 5) is 14.5. The molecule has 3 aromatic carbocycles. The third-order valence-corrected chi connectivity index (χ3v) is 5.96. The Morgan fingerprint density at radius 2 is 1.73 bits per heavy atom. The van der Waals surface area contributed by atoms with Crippen LogP contribution in [-0.2, 0) is 16.4 Å². The highest BCUT2D eigenvalue weighted by Crippen LogP contribution is 2.24. The van der Waals surface area contributed by atoms with Crippen LogP contribution >= 0.6 is 11.6 Å². The zero-order chi connectivity index (χ0) is 21.3. The van der Waals surface area contributed by atoms with Gasteiger partial charge in [-0.15, -0.1) is 0 Å². The molecule has 1 aromatic heterocycles. The van der Waals surface area contributed by atoms with E-state index in [9.17, 15) is 18.5 Å². The predicted molar refractivity (Wildman–Crippen MR) is 112 cm³/mol. The molecule has 0 bridgehead atoms. The van der Waals surface area contributed by atoms with Crippen LogP contribution in [0, 0.1) is 10.1 Å². The lowest BCUT2D eigenvalue weighted by atomic mass is 10.1. The van der Waals surface area contributed by atoms with Crippen LogP contribution in [0.4, 0.5) is 11.4 Å². The van der Waals surface area contributed by atoms with Gasteiger partial charge in [-0.05, 0) is 48.0 Å². The van der Waals surface area contributed by atoms with Crippen LogP contribution in [0.15, 0.2) is 76.0 Å². The minimum absolute atomic E-state index is 0.0863. The van der Waals surface area contributed by atoms with Crippen molar-refractivity contribution in [3.05, 3.63) is 93.3 Å². The Morgan fingerprint density at radius 3 is 2.40 bits per heavy atom. The van der Waals surface area contributed by atoms with E-state index in [1.54, 1.807) is 30.3 Å². The van der Waals surface area contributed by atoms with Crippen LogP contribution in [0.5, 0.6) is 0 Å². The molecule has 0 unspecified atom stereocenters. The maximum Gasteiger partial charge on any atom is 0.269 e. The number of non-ortho nitro benzene ring substituents is 1. The Bertz CT molecular complexity index is 1330. The number of anilines is 1. The summed E-state index contributed by atoms with van der Waals surface area (Å²) in [7, 11) is -3.91. The Balaban J connectivity index is 1.55. The summed E-state index contributed by atoms with van der Waals surface area (Å²) in [6.45, 7) is 0. The Kier molecular flexibility index (Phi) is 5.15. The number of sulfonamides is 1. The van der Waals surface area contributed by atoms with Crippen molar-refractivity contribution in [1.82, 2.24) is 4.98 Å². The highest BCUT2D eigenvalue weighted by atomic mass is 35.5. The maximum absolute atomic E-state index is 12.6. The molecule has 0 spiro atoms. The number of hydrogen-bond donors (Lipinski definition) is 1. The van der Waals surface area contributed by atoms with Crippen molar-refractivity contribution in [2.45, 2.75) is 11.3 Å². The van der Waals surface area contributed by atoms with E-state index in [2.05, 4.69) is 9.71 Å². The number of nitrogens with zero attached hydrogens (tertiary/aromatic N) is 2. The van der Waals surface area contributed by atoms with Gasteiger partial charge >= 0.3 is 0 Å². The molecular formula is C20H14ClN3O5S. The lowest BCUT2D eigenvalue weighted by Crippen LogP contribution is -2.12. The van der Waals surface area contributed by atoms with Crippen LogP contribution < -0.4 is 4.72 Å². The van der Waals surface area contributed by atoms with E-state index in [0.29, 0.717) is 34.1 Å². The third kappa shape index (κ3) is 4.27. The number of nitro groups is 1. The van der Waals surface area contributed by atoms with Crippen molar-refractivity contribution < 1.29 is 17.8 Å². The predicted octanol–water partition coefficient (Wildman–Crippen LogP) is 4.78. The first kappa shape index (κ1) is 19.9. The van der Waals surface area contributed by atoms with Crippen LogP contribution in [0.2, 0.25) is 5.02 Å². The lowest BCUT2D eigenvalue weighted by Gasteiger charge is -2.07. The van der Waals surface area contributed by atoms with Crippen molar-refractivity contribution in [2.24, 2.45) is 0 Å².